The van der Waals surface area contributed by atoms with Crippen LogP contribution in [0.5, 0.6) is 0 Å². The van der Waals surface area contributed by atoms with Crippen molar-refractivity contribution in [3.05, 3.63) is 0 Å². The molecule has 0 aromatic carbocycles. The minimum absolute atomic E-state index is 0. The van der Waals surface area contributed by atoms with E-state index < -0.39 is 9.64 Å². The third-order valence-electron chi connectivity index (χ3n) is 0. The molecular formula is HKO2S2. The molecule has 0 aromatic rings. The molecule has 5 heavy (non-hydrogen) atoms. The van der Waals surface area contributed by atoms with Crippen LogP contribution in [0.15, 0.2) is 0 Å². The molecule has 0 unspecified atom stereocenters. The largest absolute Gasteiger partial charge is 1.00 e. The molecule has 0 atom stereocenters. The van der Waals surface area contributed by atoms with Crippen LogP contribution in [-0.4, -0.2) is 4.55 Å². The molecule has 0 saturated carbocycles. The zero-order valence-corrected chi connectivity index (χ0v) is 7.43. The van der Waals surface area contributed by atoms with E-state index in [0.29, 0.717) is 0 Å². The predicted octanol–water partition coefficient (Wildman–Crippen LogP) is -3.11. The van der Waals surface area contributed by atoms with Gasteiger partial charge in [0.2, 0.25) is 0 Å². The van der Waals surface area contributed by atoms with Gasteiger partial charge < -0.3 is 8.76 Å². The van der Waals surface area contributed by atoms with Crippen molar-refractivity contribution < 1.29 is 60.1 Å². The summed E-state index contributed by atoms with van der Waals surface area (Å²) in [4.78, 5) is 0. The number of hydrogen-bond acceptors (Lipinski definition) is 3. The summed E-state index contributed by atoms with van der Waals surface area (Å²) in [6.07, 6.45) is 0. The summed E-state index contributed by atoms with van der Waals surface area (Å²) < 4.78 is 16.3. The first-order valence-corrected chi connectivity index (χ1v) is 2.55. The summed E-state index contributed by atoms with van der Waals surface area (Å²) in [6.45, 7) is 0. The summed E-state index contributed by atoms with van der Waals surface area (Å²) in [6, 6.07) is 0. The van der Waals surface area contributed by atoms with Crippen LogP contribution in [0.4, 0.5) is 0 Å². The molecule has 0 bridgehead atoms. The molecule has 0 heterocycles. The van der Waals surface area contributed by atoms with Gasteiger partial charge in [-0.1, -0.05) is 9.64 Å². The van der Waals surface area contributed by atoms with Crippen LogP contribution in [0.2, 0.25) is 0 Å². The Morgan fingerprint density at radius 1 is 1.80 bits per heavy atom. The first-order chi connectivity index (χ1) is 1.73. The third-order valence-corrected chi connectivity index (χ3v) is 0. The van der Waals surface area contributed by atoms with Gasteiger partial charge in [0.1, 0.15) is 0 Å². The van der Waals surface area contributed by atoms with Gasteiger partial charge in [-0.2, -0.15) is 0 Å². The van der Waals surface area contributed by atoms with Crippen LogP contribution in [0, 0.1) is 0 Å². The van der Waals surface area contributed by atoms with Crippen molar-refractivity contribution in [3.63, 3.8) is 0 Å². The van der Waals surface area contributed by atoms with E-state index in [9.17, 15) is 0 Å². The van der Waals surface area contributed by atoms with Crippen LogP contribution in [0.3, 0.4) is 0 Å². The number of rotatable bonds is 0. The zero-order valence-electron chi connectivity index (χ0n) is 2.67. The van der Waals surface area contributed by atoms with Crippen molar-refractivity contribution in [2.45, 2.75) is 0 Å². The fraction of sp³-hybridized carbons (Fsp3) is 0. The standard InChI is InChI=1S/K.HO2S2/c;1-4(2)3/h;(H,1,2,3)/q+1;-1. The van der Waals surface area contributed by atoms with Gasteiger partial charge in [0, 0.05) is 0 Å². The fourth-order valence-electron chi connectivity index (χ4n) is 0. The van der Waals surface area contributed by atoms with Crippen molar-refractivity contribution in [1.82, 2.24) is 0 Å². The van der Waals surface area contributed by atoms with Crippen LogP contribution in [0.25, 0.3) is 0 Å². The Morgan fingerprint density at radius 2 is 1.80 bits per heavy atom. The monoisotopic (exact) mass is 136 g/mol. The van der Waals surface area contributed by atoms with Crippen LogP contribution in [0.1, 0.15) is 0 Å². The predicted molar refractivity (Wildman–Crippen MR) is 18.0 cm³/mol. The maximum absolute atomic E-state index is 8.93. The summed E-state index contributed by atoms with van der Waals surface area (Å²) in [7, 11) is -2.03. The Labute approximate surface area is 79.3 Å². The van der Waals surface area contributed by atoms with E-state index >= 15 is 0 Å². The fourth-order valence-corrected chi connectivity index (χ4v) is 0. The molecule has 2 nitrogen and oxygen atoms in total. The van der Waals surface area contributed by atoms with Crippen molar-refractivity contribution in [2.75, 3.05) is 0 Å². The van der Waals surface area contributed by atoms with E-state index in [1.165, 1.54) is 0 Å². The van der Waals surface area contributed by atoms with E-state index in [2.05, 4.69) is 11.2 Å². The van der Waals surface area contributed by atoms with Crippen molar-refractivity contribution >= 4 is 20.8 Å². The zero-order chi connectivity index (χ0) is 3.58. The maximum atomic E-state index is 8.93. The van der Waals surface area contributed by atoms with Gasteiger partial charge in [-0.15, -0.1) is 0 Å². The van der Waals surface area contributed by atoms with Gasteiger partial charge in [0.05, 0.1) is 0 Å². The van der Waals surface area contributed by atoms with Crippen molar-refractivity contribution in [1.29, 1.82) is 0 Å². The molecule has 0 fully saturated rings. The number of hydrogen-bond donors (Lipinski definition) is 1. The normalized spacial score (nSPS) is 6.80. The van der Waals surface area contributed by atoms with Gasteiger partial charge in [-0.25, -0.2) is 11.2 Å². The van der Waals surface area contributed by atoms with E-state index in [-0.39, 0.29) is 51.4 Å². The molecule has 0 radical (unpaired) electrons. The SMILES string of the molecule is O=[S-](O)=S.[K+]. The van der Waals surface area contributed by atoms with Crippen LogP contribution < -0.4 is 51.4 Å². The average molecular weight is 136 g/mol. The molecule has 1 N–H and O–H groups in total. The quantitative estimate of drug-likeness (QED) is 0.218. The molecule has 0 rings (SSSR count). The minimum Gasteiger partial charge on any atom is -0.459 e. The van der Waals surface area contributed by atoms with Gasteiger partial charge in [0.15, 0.2) is 0 Å². The minimum atomic E-state index is -2.03. The Bertz CT molecular complexity index is 56.0. The van der Waals surface area contributed by atoms with Crippen molar-refractivity contribution in [3.8, 4) is 0 Å². The van der Waals surface area contributed by atoms with Gasteiger partial charge in [-0.3, -0.25) is 0 Å². The first-order valence-electron chi connectivity index (χ1n) is 0.516. The molecule has 0 saturated heterocycles. The second kappa shape index (κ2) is 5.97. The van der Waals surface area contributed by atoms with E-state index in [4.69, 9.17) is 8.76 Å². The first kappa shape index (κ1) is 10.1. The van der Waals surface area contributed by atoms with E-state index in [1.54, 1.807) is 0 Å². The Morgan fingerprint density at radius 3 is 1.80 bits per heavy atom. The van der Waals surface area contributed by atoms with Gasteiger partial charge >= 0.3 is 51.4 Å². The molecular weight excluding hydrogens is 135 g/mol. The van der Waals surface area contributed by atoms with Crippen molar-refractivity contribution in [2.24, 2.45) is 0 Å². The molecule has 0 aliphatic heterocycles. The Kier molecular flexibility index (Phi) is 12.0. The Balaban J connectivity index is 0. The molecule has 5 heteroatoms. The van der Waals surface area contributed by atoms with Crippen LogP contribution >= 0.6 is 0 Å². The van der Waals surface area contributed by atoms with Gasteiger partial charge in [0.25, 0.3) is 0 Å². The van der Waals surface area contributed by atoms with E-state index in [0.717, 1.165) is 0 Å². The molecule has 0 amide bonds. The van der Waals surface area contributed by atoms with E-state index in [1.807, 2.05) is 0 Å². The summed E-state index contributed by atoms with van der Waals surface area (Å²) >= 11 is 3.65. The van der Waals surface area contributed by atoms with Gasteiger partial charge in [-0.05, 0) is 0 Å². The third kappa shape index (κ3) is 24.3. The maximum Gasteiger partial charge on any atom is 1.00 e. The van der Waals surface area contributed by atoms with Crippen LogP contribution in [-0.2, 0) is 25.0 Å². The molecule has 0 aliphatic carbocycles. The second-order valence-electron chi connectivity index (χ2n) is 0.217. The molecule has 26 valence electrons. The molecule has 0 aliphatic rings. The topological polar surface area (TPSA) is 37.3 Å². The second-order valence-corrected chi connectivity index (χ2v) is 1.51. The molecule has 0 spiro atoms. The molecule has 0 aromatic heterocycles. The summed E-state index contributed by atoms with van der Waals surface area (Å²) in [5.74, 6) is 0. The average Bonchev–Trinajstić information content (AvgIpc) is 0.811. The summed E-state index contributed by atoms with van der Waals surface area (Å²) in [5, 5.41) is 0. The summed E-state index contributed by atoms with van der Waals surface area (Å²) in [5.41, 5.74) is 0. The smallest absolute Gasteiger partial charge is 0.459 e. The Hall–Kier alpha value is 1.97.